The standard InChI is InChI=1S/C15H20N4/c1-10-6-11(2)18-14(7-10)8-19(5)15-12(3)13(4)16-9-17-15/h6-7,9H,8H2,1-5H3. The first-order valence-corrected chi connectivity index (χ1v) is 6.41. The van der Waals surface area contributed by atoms with Crippen LogP contribution in [0.3, 0.4) is 0 Å². The summed E-state index contributed by atoms with van der Waals surface area (Å²) in [6.45, 7) is 8.92. The Bertz CT molecular complexity index is 572. The van der Waals surface area contributed by atoms with Crippen LogP contribution in [-0.2, 0) is 6.54 Å². The van der Waals surface area contributed by atoms with Crippen LogP contribution in [0.2, 0.25) is 0 Å². The van der Waals surface area contributed by atoms with Crippen molar-refractivity contribution in [2.24, 2.45) is 0 Å². The molecule has 4 nitrogen and oxygen atoms in total. The first-order valence-electron chi connectivity index (χ1n) is 6.41. The van der Waals surface area contributed by atoms with Crippen molar-refractivity contribution in [2.75, 3.05) is 11.9 Å². The van der Waals surface area contributed by atoms with E-state index in [0.29, 0.717) is 0 Å². The van der Waals surface area contributed by atoms with Gasteiger partial charge in [0.15, 0.2) is 0 Å². The number of pyridine rings is 1. The first kappa shape index (κ1) is 13.5. The highest BCUT2D eigenvalue weighted by molar-refractivity contribution is 5.47. The average Bonchev–Trinajstić information content (AvgIpc) is 2.31. The van der Waals surface area contributed by atoms with Crippen LogP contribution in [0.25, 0.3) is 0 Å². The SMILES string of the molecule is Cc1cc(C)nc(CN(C)c2ncnc(C)c2C)c1. The molecule has 0 aliphatic heterocycles. The van der Waals surface area contributed by atoms with Crippen molar-refractivity contribution in [3.8, 4) is 0 Å². The minimum Gasteiger partial charge on any atom is -0.353 e. The topological polar surface area (TPSA) is 41.9 Å². The van der Waals surface area contributed by atoms with Gasteiger partial charge >= 0.3 is 0 Å². The number of rotatable bonds is 3. The van der Waals surface area contributed by atoms with E-state index in [1.165, 1.54) is 5.56 Å². The van der Waals surface area contributed by atoms with Gasteiger partial charge in [0, 0.05) is 24.0 Å². The lowest BCUT2D eigenvalue weighted by Gasteiger charge is -2.20. The number of aryl methyl sites for hydroxylation is 3. The molecule has 0 saturated heterocycles. The molecule has 0 saturated carbocycles. The van der Waals surface area contributed by atoms with E-state index in [0.717, 1.165) is 35.0 Å². The molecule has 4 heteroatoms. The molecule has 0 N–H and O–H groups in total. The number of aromatic nitrogens is 3. The Balaban J connectivity index is 2.25. The molecule has 2 aromatic heterocycles. The van der Waals surface area contributed by atoms with Crippen molar-refractivity contribution < 1.29 is 0 Å². The van der Waals surface area contributed by atoms with Crippen molar-refractivity contribution in [3.63, 3.8) is 0 Å². The van der Waals surface area contributed by atoms with Gasteiger partial charge in [0.05, 0.1) is 12.2 Å². The van der Waals surface area contributed by atoms with Gasteiger partial charge in [0.1, 0.15) is 12.1 Å². The molecule has 0 aliphatic rings. The lowest BCUT2D eigenvalue weighted by molar-refractivity contribution is 0.842. The Morgan fingerprint density at radius 2 is 1.79 bits per heavy atom. The van der Waals surface area contributed by atoms with Gasteiger partial charge in [-0.3, -0.25) is 4.98 Å². The van der Waals surface area contributed by atoms with Gasteiger partial charge in [-0.1, -0.05) is 0 Å². The largest absolute Gasteiger partial charge is 0.353 e. The Hall–Kier alpha value is -1.97. The fourth-order valence-electron chi connectivity index (χ4n) is 2.23. The molecule has 0 atom stereocenters. The molecule has 0 radical (unpaired) electrons. The van der Waals surface area contributed by atoms with Crippen molar-refractivity contribution in [1.29, 1.82) is 0 Å². The normalized spacial score (nSPS) is 10.6. The van der Waals surface area contributed by atoms with E-state index in [-0.39, 0.29) is 0 Å². The fourth-order valence-corrected chi connectivity index (χ4v) is 2.23. The third-order valence-electron chi connectivity index (χ3n) is 3.22. The van der Waals surface area contributed by atoms with Gasteiger partial charge in [0.25, 0.3) is 0 Å². The fraction of sp³-hybridized carbons (Fsp3) is 0.400. The molecule has 2 rings (SSSR count). The summed E-state index contributed by atoms with van der Waals surface area (Å²) in [6.07, 6.45) is 1.61. The van der Waals surface area contributed by atoms with Gasteiger partial charge < -0.3 is 4.90 Å². The van der Waals surface area contributed by atoms with Crippen LogP contribution in [0.15, 0.2) is 18.5 Å². The number of hydrogen-bond acceptors (Lipinski definition) is 4. The molecule has 0 aliphatic carbocycles. The Morgan fingerprint density at radius 3 is 2.47 bits per heavy atom. The minimum atomic E-state index is 0.750. The summed E-state index contributed by atoms with van der Waals surface area (Å²) in [6, 6.07) is 4.20. The molecule has 0 spiro atoms. The smallest absolute Gasteiger partial charge is 0.135 e. The maximum Gasteiger partial charge on any atom is 0.135 e. The maximum atomic E-state index is 4.57. The molecular weight excluding hydrogens is 236 g/mol. The summed E-state index contributed by atoms with van der Waals surface area (Å²) in [5.41, 5.74) is 5.50. The van der Waals surface area contributed by atoms with E-state index in [2.05, 4.69) is 45.8 Å². The Kier molecular flexibility index (Phi) is 3.79. The summed E-state index contributed by atoms with van der Waals surface area (Å²) in [7, 11) is 2.04. The lowest BCUT2D eigenvalue weighted by atomic mass is 10.2. The zero-order valence-corrected chi connectivity index (χ0v) is 12.2. The van der Waals surface area contributed by atoms with Crippen molar-refractivity contribution in [2.45, 2.75) is 34.2 Å². The summed E-state index contributed by atoms with van der Waals surface area (Å²) >= 11 is 0. The molecule has 2 aromatic rings. The zero-order chi connectivity index (χ0) is 14.0. The lowest BCUT2D eigenvalue weighted by Crippen LogP contribution is -2.20. The van der Waals surface area contributed by atoms with Gasteiger partial charge in [0.2, 0.25) is 0 Å². The molecule has 0 aromatic carbocycles. The molecular formula is C15H20N4. The second kappa shape index (κ2) is 5.34. The molecule has 0 fully saturated rings. The maximum absolute atomic E-state index is 4.57. The second-order valence-electron chi connectivity index (χ2n) is 5.04. The van der Waals surface area contributed by atoms with Crippen LogP contribution in [0.5, 0.6) is 0 Å². The van der Waals surface area contributed by atoms with E-state index < -0.39 is 0 Å². The predicted molar refractivity (Wildman–Crippen MR) is 77.3 cm³/mol. The summed E-state index contributed by atoms with van der Waals surface area (Å²) < 4.78 is 0. The van der Waals surface area contributed by atoms with Crippen LogP contribution < -0.4 is 4.90 Å². The van der Waals surface area contributed by atoms with Crippen LogP contribution in [0, 0.1) is 27.7 Å². The molecule has 19 heavy (non-hydrogen) atoms. The van der Waals surface area contributed by atoms with E-state index in [1.807, 2.05) is 20.9 Å². The van der Waals surface area contributed by atoms with Crippen molar-refractivity contribution >= 4 is 5.82 Å². The van der Waals surface area contributed by atoms with Crippen LogP contribution in [0.1, 0.15) is 28.2 Å². The third kappa shape index (κ3) is 3.08. The number of hydrogen-bond donors (Lipinski definition) is 0. The van der Waals surface area contributed by atoms with E-state index >= 15 is 0 Å². The van der Waals surface area contributed by atoms with Crippen LogP contribution in [0.4, 0.5) is 5.82 Å². The highest BCUT2D eigenvalue weighted by atomic mass is 15.2. The summed E-state index contributed by atoms with van der Waals surface area (Å²) in [5, 5.41) is 0. The van der Waals surface area contributed by atoms with Gasteiger partial charge in [-0.25, -0.2) is 9.97 Å². The van der Waals surface area contributed by atoms with Crippen molar-refractivity contribution in [3.05, 3.63) is 46.7 Å². The zero-order valence-electron chi connectivity index (χ0n) is 12.2. The summed E-state index contributed by atoms with van der Waals surface area (Å²) in [5.74, 6) is 0.966. The quantitative estimate of drug-likeness (QED) is 0.846. The van der Waals surface area contributed by atoms with E-state index in [9.17, 15) is 0 Å². The monoisotopic (exact) mass is 256 g/mol. The first-order chi connectivity index (χ1) is 8.97. The predicted octanol–water partition coefficient (Wildman–Crippen LogP) is 2.74. The molecule has 0 bridgehead atoms. The second-order valence-corrected chi connectivity index (χ2v) is 5.04. The Labute approximate surface area is 114 Å². The summed E-state index contributed by atoms with van der Waals surface area (Å²) in [4.78, 5) is 15.3. The highest BCUT2D eigenvalue weighted by Gasteiger charge is 2.10. The van der Waals surface area contributed by atoms with E-state index in [1.54, 1.807) is 6.33 Å². The molecule has 0 amide bonds. The van der Waals surface area contributed by atoms with Gasteiger partial charge in [-0.2, -0.15) is 0 Å². The van der Waals surface area contributed by atoms with Crippen molar-refractivity contribution in [1.82, 2.24) is 15.0 Å². The Morgan fingerprint density at radius 1 is 1.05 bits per heavy atom. The third-order valence-corrected chi connectivity index (χ3v) is 3.22. The number of anilines is 1. The molecule has 100 valence electrons. The van der Waals surface area contributed by atoms with Gasteiger partial charge in [-0.05, 0) is 45.4 Å². The van der Waals surface area contributed by atoms with Crippen LogP contribution in [-0.4, -0.2) is 22.0 Å². The molecule has 2 heterocycles. The average molecular weight is 256 g/mol. The molecule has 0 unspecified atom stereocenters. The van der Waals surface area contributed by atoms with E-state index in [4.69, 9.17) is 0 Å². The van der Waals surface area contributed by atoms with Crippen LogP contribution >= 0.6 is 0 Å². The number of nitrogens with zero attached hydrogens (tertiary/aromatic N) is 4. The highest BCUT2D eigenvalue weighted by Crippen LogP contribution is 2.18. The van der Waals surface area contributed by atoms with Gasteiger partial charge in [-0.15, -0.1) is 0 Å². The minimum absolute atomic E-state index is 0.750.